The molecule has 7 heteroatoms. The predicted octanol–water partition coefficient (Wildman–Crippen LogP) is 3.72. The summed E-state index contributed by atoms with van der Waals surface area (Å²) in [7, 11) is -2.78. The molecule has 1 aliphatic heterocycles. The van der Waals surface area contributed by atoms with Crippen LogP contribution in [0.2, 0.25) is 0 Å². The summed E-state index contributed by atoms with van der Waals surface area (Å²) in [5, 5.41) is 0. The molecule has 1 atom stereocenters. The fourth-order valence-corrected chi connectivity index (χ4v) is 3.77. The topological polar surface area (TPSA) is 44.2 Å². The van der Waals surface area contributed by atoms with Crippen molar-refractivity contribution in [1.29, 1.82) is 4.78 Å². The number of alkyl halides is 2. The average molecular weight is 353 g/mol. The molecule has 2 rings (SSSR count). The highest BCUT2D eigenvalue weighted by atomic mass is 79.9. The third-order valence-corrected chi connectivity index (χ3v) is 5.68. The first-order valence-electron chi connectivity index (χ1n) is 5.94. The van der Waals surface area contributed by atoms with Crippen LogP contribution in [-0.4, -0.2) is 29.0 Å². The Balaban J connectivity index is 2.31. The smallest absolute Gasteiger partial charge is 0.266 e. The summed E-state index contributed by atoms with van der Waals surface area (Å²) in [6, 6.07) is 4.85. The maximum atomic E-state index is 13.2. The summed E-state index contributed by atoms with van der Waals surface area (Å²) in [5.41, 5.74) is 0.659. The van der Waals surface area contributed by atoms with Crippen molar-refractivity contribution in [2.75, 3.05) is 23.7 Å². The van der Waals surface area contributed by atoms with E-state index in [1.807, 2.05) is 0 Å². The molecular weight excluding hydrogens is 338 g/mol. The molecule has 3 nitrogen and oxygen atoms in total. The van der Waals surface area contributed by atoms with Gasteiger partial charge in [-0.15, -0.1) is 0 Å². The Morgan fingerprint density at radius 3 is 2.68 bits per heavy atom. The highest BCUT2D eigenvalue weighted by Gasteiger charge is 2.38. The average Bonchev–Trinajstić information content (AvgIpc) is 2.69. The van der Waals surface area contributed by atoms with E-state index in [2.05, 4.69) is 15.9 Å². The molecule has 0 amide bonds. The zero-order chi connectivity index (χ0) is 14.3. The molecule has 0 spiro atoms. The molecule has 0 aromatic heterocycles. The van der Waals surface area contributed by atoms with E-state index >= 15 is 0 Å². The van der Waals surface area contributed by atoms with Gasteiger partial charge >= 0.3 is 0 Å². The molecule has 1 heterocycles. The standard InChI is InChI=1S/C12H15BrF2N2OS/c1-2-19(16,18)9-3-4-11(10(13)7-9)17-6-5-12(14,15)8-17/h3-4,7,16H,2,5-6,8H2,1H3/t19-/m1/s1. The van der Waals surface area contributed by atoms with E-state index in [0.717, 1.165) is 0 Å². The van der Waals surface area contributed by atoms with Gasteiger partial charge in [-0.2, -0.15) is 0 Å². The van der Waals surface area contributed by atoms with Gasteiger partial charge in [0.1, 0.15) is 0 Å². The number of anilines is 1. The fourth-order valence-electron chi connectivity index (χ4n) is 2.06. The van der Waals surface area contributed by atoms with Crippen molar-refractivity contribution in [3.05, 3.63) is 22.7 Å². The SMILES string of the molecule is CC[S@@](=N)(=O)c1ccc(N2CCC(F)(F)C2)c(Br)c1. The summed E-state index contributed by atoms with van der Waals surface area (Å²) in [6.07, 6.45) is -0.147. The van der Waals surface area contributed by atoms with Crippen molar-refractivity contribution in [1.82, 2.24) is 0 Å². The predicted molar refractivity (Wildman–Crippen MR) is 75.6 cm³/mol. The third-order valence-electron chi connectivity index (χ3n) is 3.22. The van der Waals surface area contributed by atoms with Crippen LogP contribution in [0.1, 0.15) is 13.3 Å². The van der Waals surface area contributed by atoms with Crippen molar-refractivity contribution in [3.8, 4) is 0 Å². The van der Waals surface area contributed by atoms with Gasteiger partial charge in [0, 0.05) is 28.1 Å². The minimum absolute atomic E-state index is 0.147. The molecule has 0 radical (unpaired) electrons. The van der Waals surface area contributed by atoms with Crippen LogP contribution in [0.4, 0.5) is 14.5 Å². The van der Waals surface area contributed by atoms with Gasteiger partial charge in [0.2, 0.25) is 0 Å². The van der Waals surface area contributed by atoms with E-state index in [-0.39, 0.29) is 18.7 Å². The largest absolute Gasteiger partial charge is 0.364 e. The van der Waals surface area contributed by atoms with E-state index in [4.69, 9.17) is 4.78 Å². The molecule has 0 unspecified atom stereocenters. The summed E-state index contributed by atoms with van der Waals surface area (Å²) in [6.45, 7) is 1.70. The number of halogens is 3. The number of nitrogens with one attached hydrogen (secondary N) is 1. The Hall–Kier alpha value is -0.690. The Morgan fingerprint density at radius 1 is 1.53 bits per heavy atom. The second-order valence-corrected chi connectivity index (χ2v) is 7.86. The first-order chi connectivity index (χ1) is 8.75. The van der Waals surface area contributed by atoms with Gasteiger partial charge in [0.15, 0.2) is 0 Å². The van der Waals surface area contributed by atoms with Crippen molar-refractivity contribution < 1.29 is 13.0 Å². The zero-order valence-electron chi connectivity index (χ0n) is 10.5. The monoisotopic (exact) mass is 352 g/mol. The normalized spacial score (nSPS) is 21.4. The van der Waals surface area contributed by atoms with Crippen LogP contribution in [0.25, 0.3) is 0 Å². The second kappa shape index (κ2) is 5.01. The van der Waals surface area contributed by atoms with Crippen LogP contribution in [-0.2, 0) is 9.73 Å². The summed E-state index contributed by atoms with van der Waals surface area (Å²) < 4.78 is 46.7. The first kappa shape index (κ1) is 14.7. The number of benzene rings is 1. The Labute approximate surface area is 120 Å². The summed E-state index contributed by atoms with van der Waals surface area (Å²) in [4.78, 5) is 2.03. The maximum Gasteiger partial charge on any atom is 0.266 e. The lowest BCUT2D eigenvalue weighted by Crippen LogP contribution is -2.25. The molecule has 1 aromatic carbocycles. The third kappa shape index (κ3) is 3.08. The van der Waals surface area contributed by atoms with Gasteiger partial charge in [-0.1, -0.05) is 6.92 Å². The molecule has 1 N–H and O–H groups in total. The molecule has 1 aliphatic rings. The molecule has 1 fully saturated rings. The van der Waals surface area contributed by atoms with Gasteiger partial charge in [-0.25, -0.2) is 17.8 Å². The molecule has 19 heavy (non-hydrogen) atoms. The van der Waals surface area contributed by atoms with Crippen molar-refractivity contribution >= 4 is 31.3 Å². The summed E-state index contributed by atoms with van der Waals surface area (Å²) in [5.74, 6) is -2.41. The van der Waals surface area contributed by atoms with Gasteiger partial charge in [0.25, 0.3) is 5.92 Å². The van der Waals surface area contributed by atoms with E-state index in [1.54, 1.807) is 30.0 Å². The van der Waals surface area contributed by atoms with Crippen molar-refractivity contribution in [3.63, 3.8) is 0 Å². The van der Waals surface area contributed by atoms with E-state index in [0.29, 0.717) is 21.6 Å². The fraction of sp³-hybridized carbons (Fsp3) is 0.500. The maximum absolute atomic E-state index is 13.2. The van der Waals surface area contributed by atoms with Crippen LogP contribution < -0.4 is 4.90 Å². The molecule has 1 saturated heterocycles. The van der Waals surface area contributed by atoms with Crippen LogP contribution >= 0.6 is 15.9 Å². The lowest BCUT2D eigenvalue weighted by molar-refractivity contribution is 0.0257. The summed E-state index contributed by atoms with van der Waals surface area (Å²) >= 11 is 3.32. The highest BCUT2D eigenvalue weighted by Crippen LogP contribution is 2.35. The van der Waals surface area contributed by atoms with E-state index in [9.17, 15) is 13.0 Å². The van der Waals surface area contributed by atoms with Gasteiger partial charge < -0.3 is 4.90 Å². The van der Waals surface area contributed by atoms with Crippen LogP contribution in [0, 0.1) is 4.78 Å². The molecule has 0 aliphatic carbocycles. The highest BCUT2D eigenvalue weighted by molar-refractivity contribution is 9.10. The van der Waals surface area contributed by atoms with Gasteiger partial charge in [0.05, 0.1) is 22.0 Å². The van der Waals surface area contributed by atoms with Crippen molar-refractivity contribution in [2.24, 2.45) is 0 Å². The van der Waals surface area contributed by atoms with Gasteiger partial charge in [-0.3, -0.25) is 0 Å². The Bertz CT molecular complexity index is 589. The van der Waals surface area contributed by atoms with Crippen molar-refractivity contribution in [2.45, 2.75) is 24.2 Å². The number of nitrogens with zero attached hydrogens (tertiary/aromatic N) is 1. The van der Waals surface area contributed by atoms with Gasteiger partial charge in [-0.05, 0) is 34.1 Å². The minimum atomic E-state index is -2.78. The lowest BCUT2D eigenvalue weighted by Gasteiger charge is -2.20. The van der Waals surface area contributed by atoms with Crippen LogP contribution in [0.5, 0.6) is 0 Å². The number of hydrogen-bond acceptors (Lipinski definition) is 3. The molecule has 106 valence electrons. The first-order valence-corrected chi connectivity index (χ1v) is 8.46. The lowest BCUT2D eigenvalue weighted by atomic mass is 10.3. The second-order valence-electron chi connectivity index (χ2n) is 4.60. The number of rotatable bonds is 3. The molecule has 1 aromatic rings. The Morgan fingerprint density at radius 2 is 2.21 bits per heavy atom. The van der Waals surface area contributed by atoms with E-state index in [1.165, 1.54) is 0 Å². The van der Waals surface area contributed by atoms with E-state index < -0.39 is 15.7 Å². The van der Waals surface area contributed by atoms with Crippen LogP contribution in [0.3, 0.4) is 0 Å². The van der Waals surface area contributed by atoms with Crippen LogP contribution in [0.15, 0.2) is 27.6 Å². The quantitative estimate of drug-likeness (QED) is 0.900. The zero-order valence-corrected chi connectivity index (χ0v) is 12.9. The molecule has 0 saturated carbocycles. The minimum Gasteiger partial charge on any atom is -0.364 e. The molecule has 0 bridgehead atoms. The molecular formula is C12H15BrF2N2OS. The number of hydrogen-bond donors (Lipinski definition) is 1. The Kier molecular flexibility index (Phi) is 3.88.